The lowest BCUT2D eigenvalue weighted by atomic mass is 9.94. The fourth-order valence-electron chi connectivity index (χ4n) is 5.70. The third-order valence-corrected chi connectivity index (χ3v) is 7.90. The van der Waals surface area contributed by atoms with Crippen molar-refractivity contribution in [2.24, 2.45) is 0 Å². The number of imide groups is 1. The Balaban J connectivity index is 1.28. The molecule has 0 aromatic heterocycles. The van der Waals surface area contributed by atoms with Crippen LogP contribution in [-0.4, -0.2) is 57.0 Å². The molecule has 1 aliphatic rings. The molecule has 5 aromatic carbocycles. The quantitative estimate of drug-likeness (QED) is 0.148. The van der Waals surface area contributed by atoms with E-state index in [0.29, 0.717) is 62.9 Å². The average molecular weight is 617 g/mol. The highest BCUT2D eigenvalue weighted by Crippen LogP contribution is 2.39. The predicted molar refractivity (Wildman–Crippen MR) is 175 cm³/mol. The van der Waals surface area contributed by atoms with Crippen LogP contribution >= 0.6 is 0 Å². The van der Waals surface area contributed by atoms with E-state index in [9.17, 15) is 14.4 Å². The highest BCUT2D eigenvalue weighted by molar-refractivity contribution is 6.25. The molecule has 0 fully saturated rings. The van der Waals surface area contributed by atoms with E-state index in [4.69, 9.17) is 18.9 Å². The normalized spacial score (nSPS) is 12.2. The summed E-state index contributed by atoms with van der Waals surface area (Å²) in [6.07, 6.45) is 0.327. The molecule has 232 valence electrons. The van der Waals surface area contributed by atoms with Crippen molar-refractivity contribution in [1.29, 1.82) is 0 Å². The number of benzene rings is 5. The van der Waals surface area contributed by atoms with Gasteiger partial charge in [-0.25, -0.2) is 0 Å². The van der Waals surface area contributed by atoms with Gasteiger partial charge in [-0.05, 0) is 72.5 Å². The summed E-state index contributed by atoms with van der Waals surface area (Å²) in [5.74, 6) is 1.32. The van der Waals surface area contributed by atoms with Crippen molar-refractivity contribution in [1.82, 2.24) is 4.90 Å². The van der Waals surface area contributed by atoms with Crippen LogP contribution in [0.1, 0.15) is 37.5 Å². The lowest BCUT2D eigenvalue weighted by Crippen LogP contribution is -2.42. The van der Waals surface area contributed by atoms with Crippen molar-refractivity contribution in [2.45, 2.75) is 6.42 Å². The summed E-state index contributed by atoms with van der Waals surface area (Å²) < 4.78 is 22.4. The summed E-state index contributed by atoms with van der Waals surface area (Å²) in [5, 5.41) is 1.52. The third-order valence-electron chi connectivity index (χ3n) is 7.90. The zero-order valence-corrected chi connectivity index (χ0v) is 25.7. The number of carbonyl (C=O) groups excluding carboxylic acids is 3. The third kappa shape index (κ3) is 5.70. The summed E-state index contributed by atoms with van der Waals surface area (Å²) in [6, 6.07) is 30.6. The van der Waals surface area contributed by atoms with Gasteiger partial charge >= 0.3 is 0 Å². The van der Waals surface area contributed by atoms with Crippen LogP contribution in [0.25, 0.3) is 10.8 Å². The second kappa shape index (κ2) is 13.0. The number of ether oxygens (including phenoxy) is 4. The Morgan fingerprint density at radius 3 is 1.85 bits per heavy atom. The Hall–Kier alpha value is -5.83. The van der Waals surface area contributed by atoms with Crippen LogP contribution in [0.5, 0.6) is 28.7 Å². The van der Waals surface area contributed by atoms with Crippen molar-refractivity contribution < 1.29 is 33.3 Å². The molecule has 1 aliphatic heterocycles. The van der Waals surface area contributed by atoms with E-state index in [1.165, 1.54) is 26.2 Å². The molecule has 0 unspecified atom stereocenters. The van der Waals surface area contributed by atoms with Crippen LogP contribution < -0.4 is 23.8 Å². The molecule has 0 saturated carbocycles. The van der Waals surface area contributed by atoms with Crippen molar-refractivity contribution in [2.75, 3.05) is 39.3 Å². The van der Waals surface area contributed by atoms with Crippen molar-refractivity contribution in [3.8, 4) is 28.7 Å². The first-order valence-corrected chi connectivity index (χ1v) is 14.8. The van der Waals surface area contributed by atoms with Gasteiger partial charge in [-0.3, -0.25) is 19.3 Å². The minimum atomic E-state index is -0.348. The molecular formula is C37H32N2O7. The molecule has 6 rings (SSSR count). The van der Waals surface area contributed by atoms with Crippen molar-refractivity contribution in [3.05, 3.63) is 120 Å². The zero-order valence-electron chi connectivity index (χ0n) is 25.7. The molecule has 3 amide bonds. The van der Waals surface area contributed by atoms with E-state index in [0.717, 1.165) is 5.39 Å². The van der Waals surface area contributed by atoms with E-state index >= 15 is 0 Å². The number of carbonyl (C=O) groups is 3. The van der Waals surface area contributed by atoms with Crippen LogP contribution in [-0.2, 0) is 0 Å². The number of rotatable bonds is 11. The van der Waals surface area contributed by atoms with Gasteiger partial charge in [-0.15, -0.1) is 0 Å². The molecule has 9 heteroatoms. The lowest BCUT2D eigenvalue weighted by molar-refractivity contribution is 0.0610. The maximum Gasteiger partial charge on any atom is 0.261 e. The number of amides is 3. The Kier molecular flexibility index (Phi) is 8.56. The van der Waals surface area contributed by atoms with Gasteiger partial charge in [0.25, 0.3) is 17.7 Å². The van der Waals surface area contributed by atoms with Crippen LogP contribution in [0.4, 0.5) is 5.69 Å². The number of hydrogen-bond donors (Lipinski definition) is 0. The zero-order chi connectivity index (χ0) is 32.2. The molecule has 0 N–H and O–H groups in total. The fraction of sp³-hybridized carbons (Fsp3) is 0.162. The molecule has 46 heavy (non-hydrogen) atoms. The number of methoxy groups -OCH3 is 3. The van der Waals surface area contributed by atoms with Gasteiger partial charge in [0.1, 0.15) is 11.5 Å². The highest BCUT2D eigenvalue weighted by Gasteiger charge is 2.32. The number of nitrogens with zero attached hydrogens (tertiary/aromatic N) is 2. The van der Waals surface area contributed by atoms with Crippen LogP contribution in [0.3, 0.4) is 0 Å². The van der Waals surface area contributed by atoms with Gasteiger partial charge in [0.15, 0.2) is 11.5 Å². The van der Waals surface area contributed by atoms with Gasteiger partial charge in [0.05, 0.1) is 21.3 Å². The first-order chi connectivity index (χ1) is 22.4. The molecule has 1 heterocycles. The van der Waals surface area contributed by atoms with E-state index in [2.05, 4.69) is 0 Å². The lowest BCUT2D eigenvalue weighted by Gasteiger charge is -2.29. The summed E-state index contributed by atoms with van der Waals surface area (Å²) >= 11 is 0. The summed E-state index contributed by atoms with van der Waals surface area (Å²) in [6.45, 7) is 0.327. The second-order valence-corrected chi connectivity index (χ2v) is 10.6. The van der Waals surface area contributed by atoms with Gasteiger partial charge < -0.3 is 23.8 Å². The molecular weight excluding hydrogens is 584 g/mol. The second-order valence-electron chi connectivity index (χ2n) is 10.6. The Morgan fingerprint density at radius 1 is 0.696 bits per heavy atom. The van der Waals surface area contributed by atoms with Gasteiger partial charge in [0, 0.05) is 40.9 Å². The predicted octanol–water partition coefficient (Wildman–Crippen LogP) is 6.99. The Morgan fingerprint density at radius 2 is 1.28 bits per heavy atom. The molecule has 0 aliphatic carbocycles. The average Bonchev–Trinajstić information content (AvgIpc) is 3.10. The molecule has 9 nitrogen and oxygen atoms in total. The van der Waals surface area contributed by atoms with Crippen molar-refractivity contribution in [3.63, 3.8) is 0 Å². The Labute approximate surface area is 266 Å². The summed E-state index contributed by atoms with van der Waals surface area (Å²) in [7, 11) is 4.47. The topological polar surface area (TPSA) is 94.6 Å². The van der Waals surface area contributed by atoms with E-state index in [-0.39, 0.29) is 30.8 Å². The van der Waals surface area contributed by atoms with Crippen LogP contribution in [0, 0.1) is 0 Å². The molecule has 0 spiro atoms. The molecule has 0 bridgehead atoms. The van der Waals surface area contributed by atoms with E-state index < -0.39 is 0 Å². The van der Waals surface area contributed by atoms with Crippen LogP contribution in [0.15, 0.2) is 103 Å². The number of anilines is 1. The minimum Gasteiger partial charge on any atom is -0.493 e. The van der Waals surface area contributed by atoms with Gasteiger partial charge in [-0.2, -0.15) is 0 Å². The van der Waals surface area contributed by atoms with Gasteiger partial charge in [0.2, 0.25) is 5.75 Å². The molecule has 0 saturated heterocycles. The first kappa shape index (κ1) is 30.2. The van der Waals surface area contributed by atoms with Crippen molar-refractivity contribution >= 4 is 34.2 Å². The largest absolute Gasteiger partial charge is 0.493 e. The monoisotopic (exact) mass is 616 g/mol. The number of para-hydroxylation sites is 1. The summed E-state index contributed by atoms with van der Waals surface area (Å²) in [4.78, 5) is 44.0. The first-order valence-electron chi connectivity index (χ1n) is 14.8. The van der Waals surface area contributed by atoms with Gasteiger partial charge in [-0.1, -0.05) is 42.5 Å². The number of hydrogen-bond acceptors (Lipinski definition) is 7. The molecule has 0 atom stereocenters. The molecule has 5 aromatic rings. The Bertz CT molecular complexity index is 1850. The fourth-order valence-corrected chi connectivity index (χ4v) is 5.70. The van der Waals surface area contributed by atoms with E-state index in [1.54, 1.807) is 53.4 Å². The SMILES string of the molecule is COc1cc(C(=O)N(CCCN2C(=O)c3cccc4cccc(c34)C2=O)c2ccc(Oc3ccccc3)cc2)cc(OC)c1OC. The smallest absolute Gasteiger partial charge is 0.261 e. The summed E-state index contributed by atoms with van der Waals surface area (Å²) in [5.41, 5.74) is 1.90. The van der Waals surface area contributed by atoms with Crippen LogP contribution in [0.2, 0.25) is 0 Å². The minimum absolute atomic E-state index is 0.122. The standard InChI is InChI=1S/C37H32N2O7/c1-43-31-22-25(23-32(44-2)34(31)45-3)35(40)38(26-16-18-28(19-17-26)46-27-12-5-4-6-13-27)20-9-21-39-36(41)29-14-7-10-24-11-8-15-30(33(24)29)37(39)42/h4-8,10-19,22-23H,9,20-21H2,1-3H3. The van der Waals surface area contributed by atoms with E-state index in [1.807, 2.05) is 54.6 Å². The maximum absolute atomic E-state index is 14.2. The maximum atomic E-state index is 14.2. The molecule has 0 radical (unpaired) electrons. The highest BCUT2D eigenvalue weighted by atomic mass is 16.5.